The van der Waals surface area contributed by atoms with E-state index in [-0.39, 0.29) is 5.56 Å². The Labute approximate surface area is 134 Å². The average molecular weight is 330 g/mol. The lowest BCUT2D eigenvalue weighted by molar-refractivity contribution is 1.25. The van der Waals surface area contributed by atoms with Gasteiger partial charge < -0.3 is 9.97 Å². The van der Waals surface area contributed by atoms with Crippen molar-refractivity contribution >= 4 is 45.1 Å². The van der Waals surface area contributed by atoms with Gasteiger partial charge in [0.15, 0.2) is 0 Å². The van der Waals surface area contributed by atoms with Crippen LogP contribution in [0.2, 0.25) is 10.0 Å². The van der Waals surface area contributed by atoms with E-state index >= 15 is 0 Å². The SMILES string of the molecule is O=c1[nH]c2ccccc2cc1-c1nc2cc(Cl)c(Cl)cc2[nH]1. The molecule has 2 heterocycles. The molecule has 4 rings (SSSR count). The summed E-state index contributed by atoms with van der Waals surface area (Å²) < 4.78 is 0. The number of aromatic nitrogens is 3. The van der Waals surface area contributed by atoms with Gasteiger partial charge in [0.25, 0.3) is 5.56 Å². The summed E-state index contributed by atoms with van der Waals surface area (Å²) in [6, 6.07) is 12.8. The van der Waals surface area contributed by atoms with Gasteiger partial charge in [-0.1, -0.05) is 41.4 Å². The Morgan fingerprint density at radius 1 is 0.909 bits per heavy atom. The number of imidazole rings is 1. The van der Waals surface area contributed by atoms with Crippen molar-refractivity contribution in [1.29, 1.82) is 0 Å². The summed E-state index contributed by atoms with van der Waals surface area (Å²) >= 11 is 12.0. The summed E-state index contributed by atoms with van der Waals surface area (Å²) in [6.45, 7) is 0. The minimum atomic E-state index is -0.199. The Hall–Kier alpha value is -2.30. The van der Waals surface area contributed by atoms with Crippen LogP contribution in [0.5, 0.6) is 0 Å². The number of H-pyrrole nitrogens is 2. The first kappa shape index (κ1) is 13.4. The minimum Gasteiger partial charge on any atom is -0.338 e. The van der Waals surface area contributed by atoms with Crippen molar-refractivity contribution in [3.05, 3.63) is 62.9 Å². The van der Waals surface area contributed by atoms with E-state index in [1.807, 2.05) is 30.3 Å². The van der Waals surface area contributed by atoms with Gasteiger partial charge >= 0.3 is 0 Å². The molecule has 4 nitrogen and oxygen atoms in total. The summed E-state index contributed by atoms with van der Waals surface area (Å²) in [7, 11) is 0. The molecule has 0 spiro atoms. The Balaban J connectivity index is 1.98. The van der Waals surface area contributed by atoms with E-state index in [1.54, 1.807) is 12.1 Å². The van der Waals surface area contributed by atoms with Crippen LogP contribution in [-0.2, 0) is 0 Å². The molecule has 22 heavy (non-hydrogen) atoms. The summed E-state index contributed by atoms with van der Waals surface area (Å²) in [5.74, 6) is 0.486. The first-order chi connectivity index (χ1) is 10.6. The van der Waals surface area contributed by atoms with Gasteiger partial charge in [0.05, 0.1) is 26.6 Å². The van der Waals surface area contributed by atoms with Crippen molar-refractivity contribution in [2.24, 2.45) is 0 Å². The number of para-hydroxylation sites is 1. The van der Waals surface area contributed by atoms with Crippen molar-refractivity contribution in [2.75, 3.05) is 0 Å². The topological polar surface area (TPSA) is 61.5 Å². The third-order valence-electron chi connectivity index (χ3n) is 3.53. The van der Waals surface area contributed by atoms with Gasteiger partial charge in [0.1, 0.15) is 5.82 Å². The number of benzene rings is 2. The molecule has 0 atom stereocenters. The van der Waals surface area contributed by atoms with E-state index in [1.165, 1.54) is 0 Å². The van der Waals surface area contributed by atoms with Crippen molar-refractivity contribution < 1.29 is 0 Å². The lowest BCUT2D eigenvalue weighted by atomic mass is 10.1. The lowest BCUT2D eigenvalue weighted by Gasteiger charge is -2.00. The zero-order chi connectivity index (χ0) is 15.3. The zero-order valence-electron chi connectivity index (χ0n) is 11.2. The number of fused-ring (bicyclic) bond motifs is 2. The fourth-order valence-electron chi connectivity index (χ4n) is 2.46. The van der Waals surface area contributed by atoms with Crippen molar-refractivity contribution in [3.8, 4) is 11.4 Å². The third kappa shape index (κ3) is 2.08. The molecule has 2 N–H and O–H groups in total. The first-order valence-corrected chi connectivity index (χ1v) is 7.34. The van der Waals surface area contributed by atoms with Gasteiger partial charge in [-0.2, -0.15) is 0 Å². The van der Waals surface area contributed by atoms with E-state index in [0.29, 0.717) is 26.9 Å². The Morgan fingerprint density at radius 2 is 1.68 bits per heavy atom. The highest BCUT2D eigenvalue weighted by Gasteiger charge is 2.12. The van der Waals surface area contributed by atoms with E-state index in [2.05, 4.69) is 15.0 Å². The summed E-state index contributed by atoms with van der Waals surface area (Å²) in [5, 5.41) is 1.81. The quantitative estimate of drug-likeness (QED) is 0.544. The number of halogens is 2. The molecule has 0 amide bonds. The maximum absolute atomic E-state index is 12.3. The standard InChI is InChI=1S/C16H9Cl2N3O/c17-10-6-13-14(7-11(10)18)20-15(19-13)9-5-8-3-1-2-4-12(8)21-16(9)22/h1-7H,(H,19,20)(H,21,22). The normalized spacial score (nSPS) is 11.4. The molecule has 2 aromatic carbocycles. The van der Waals surface area contributed by atoms with Crippen LogP contribution in [-0.4, -0.2) is 15.0 Å². The molecule has 108 valence electrons. The molecule has 4 aromatic rings. The highest BCUT2D eigenvalue weighted by atomic mass is 35.5. The predicted molar refractivity (Wildman–Crippen MR) is 89.7 cm³/mol. The summed E-state index contributed by atoms with van der Waals surface area (Å²) in [5.41, 5.74) is 2.46. The smallest absolute Gasteiger partial charge is 0.259 e. The number of hydrogen-bond donors (Lipinski definition) is 2. The molecule has 0 aliphatic heterocycles. The van der Waals surface area contributed by atoms with Gasteiger partial charge in [-0.25, -0.2) is 4.98 Å². The van der Waals surface area contributed by atoms with Gasteiger partial charge in [-0.15, -0.1) is 0 Å². The van der Waals surface area contributed by atoms with Crippen LogP contribution in [0, 0.1) is 0 Å². The Bertz CT molecular complexity index is 1040. The number of nitrogens with zero attached hydrogens (tertiary/aromatic N) is 1. The molecule has 0 saturated heterocycles. The van der Waals surface area contributed by atoms with Gasteiger partial charge in [0.2, 0.25) is 0 Å². The fraction of sp³-hybridized carbons (Fsp3) is 0. The number of hydrogen-bond acceptors (Lipinski definition) is 2. The number of pyridine rings is 1. The molecule has 0 bridgehead atoms. The molecular formula is C16H9Cl2N3O. The molecule has 0 radical (unpaired) electrons. The van der Waals surface area contributed by atoms with Crippen LogP contribution < -0.4 is 5.56 Å². The van der Waals surface area contributed by atoms with Crippen molar-refractivity contribution in [3.63, 3.8) is 0 Å². The number of nitrogens with one attached hydrogen (secondary N) is 2. The minimum absolute atomic E-state index is 0.199. The number of rotatable bonds is 1. The second-order valence-electron chi connectivity index (χ2n) is 4.97. The monoisotopic (exact) mass is 329 g/mol. The molecule has 0 fully saturated rings. The molecule has 2 aromatic heterocycles. The van der Waals surface area contributed by atoms with Crippen molar-refractivity contribution in [1.82, 2.24) is 15.0 Å². The van der Waals surface area contributed by atoms with Crippen LogP contribution in [0.15, 0.2) is 47.3 Å². The van der Waals surface area contributed by atoms with Crippen LogP contribution >= 0.6 is 23.2 Å². The average Bonchev–Trinajstić information content (AvgIpc) is 2.89. The van der Waals surface area contributed by atoms with Crippen LogP contribution in [0.25, 0.3) is 33.3 Å². The van der Waals surface area contributed by atoms with E-state index < -0.39 is 0 Å². The second kappa shape index (κ2) is 4.87. The zero-order valence-corrected chi connectivity index (χ0v) is 12.7. The van der Waals surface area contributed by atoms with Crippen LogP contribution in [0.4, 0.5) is 0 Å². The van der Waals surface area contributed by atoms with E-state index in [0.717, 1.165) is 16.4 Å². The van der Waals surface area contributed by atoms with Crippen molar-refractivity contribution in [2.45, 2.75) is 0 Å². The Morgan fingerprint density at radius 3 is 2.55 bits per heavy atom. The van der Waals surface area contributed by atoms with Gasteiger partial charge in [0, 0.05) is 5.52 Å². The molecule has 6 heteroatoms. The first-order valence-electron chi connectivity index (χ1n) is 6.59. The van der Waals surface area contributed by atoms with Crippen LogP contribution in [0.1, 0.15) is 0 Å². The maximum atomic E-state index is 12.3. The molecule has 0 unspecified atom stereocenters. The van der Waals surface area contributed by atoms with E-state index in [9.17, 15) is 4.79 Å². The summed E-state index contributed by atoms with van der Waals surface area (Å²) in [4.78, 5) is 22.7. The maximum Gasteiger partial charge on any atom is 0.259 e. The van der Waals surface area contributed by atoms with Crippen LogP contribution in [0.3, 0.4) is 0 Å². The number of aromatic amines is 2. The van der Waals surface area contributed by atoms with Gasteiger partial charge in [-0.3, -0.25) is 4.79 Å². The highest BCUT2D eigenvalue weighted by Crippen LogP contribution is 2.28. The predicted octanol–water partition coefficient (Wildman–Crippen LogP) is 4.38. The van der Waals surface area contributed by atoms with Gasteiger partial charge in [-0.05, 0) is 29.7 Å². The highest BCUT2D eigenvalue weighted by molar-refractivity contribution is 6.42. The molecule has 0 aliphatic rings. The molecule has 0 aliphatic carbocycles. The largest absolute Gasteiger partial charge is 0.338 e. The van der Waals surface area contributed by atoms with E-state index in [4.69, 9.17) is 23.2 Å². The lowest BCUT2D eigenvalue weighted by Crippen LogP contribution is -2.09. The summed E-state index contributed by atoms with van der Waals surface area (Å²) in [6.07, 6.45) is 0. The molecule has 0 saturated carbocycles. The fourth-order valence-corrected chi connectivity index (χ4v) is 2.78. The Kier molecular flexibility index (Phi) is 2.96. The third-order valence-corrected chi connectivity index (χ3v) is 4.25. The second-order valence-corrected chi connectivity index (χ2v) is 5.78. The molecular weight excluding hydrogens is 321 g/mol.